The molecule has 0 aliphatic carbocycles. The maximum Gasteiger partial charge on any atom is 0.327 e. The van der Waals surface area contributed by atoms with Gasteiger partial charge in [-0.15, -0.1) is 0 Å². The number of hydrogen-bond acceptors (Lipinski definition) is 4. The summed E-state index contributed by atoms with van der Waals surface area (Å²) >= 11 is 0. The lowest BCUT2D eigenvalue weighted by Crippen LogP contribution is -2.31. The van der Waals surface area contributed by atoms with Crippen LogP contribution in [0.2, 0.25) is 0 Å². The first kappa shape index (κ1) is 20.1. The molecule has 4 nitrogen and oxygen atoms in total. The predicted molar refractivity (Wildman–Crippen MR) is 86.1 cm³/mol. The fraction of sp³-hybridized carbons (Fsp3) is 0.882. The van der Waals surface area contributed by atoms with E-state index in [1.165, 1.54) is 44.9 Å². The van der Waals surface area contributed by atoms with Gasteiger partial charge < -0.3 is 10.1 Å². The van der Waals surface area contributed by atoms with Crippen LogP contribution in [-0.4, -0.2) is 24.5 Å². The zero-order chi connectivity index (χ0) is 15.9. The lowest BCUT2D eigenvalue weighted by atomic mass is 10.1. The molecule has 0 amide bonds. The van der Waals surface area contributed by atoms with Gasteiger partial charge in [0.25, 0.3) is 0 Å². The average molecular weight is 299 g/mol. The first-order chi connectivity index (χ1) is 10.1. The van der Waals surface area contributed by atoms with E-state index < -0.39 is 11.9 Å². The molecule has 0 saturated heterocycles. The van der Waals surface area contributed by atoms with Gasteiger partial charge in [-0.3, -0.25) is 9.59 Å². The quantitative estimate of drug-likeness (QED) is 0.317. The van der Waals surface area contributed by atoms with E-state index in [9.17, 15) is 9.59 Å². The Morgan fingerprint density at radius 3 is 1.90 bits per heavy atom. The lowest BCUT2D eigenvalue weighted by Gasteiger charge is -2.07. The van der Waals surface area contributed by atoms with Gasteiger partial charge in [0.15, 0.2) is 0 Å². The second-order valence-corrected chi connectivity index (χ2v) is 5.96. The highest BCUT2D eigenvalue weighted by molar-refractivity contribution is 5.86. The SMILES string of the molecule is CCCCCCCCCCCC(=O)OC(=O)CNC(C)C. The van der Waals surface area contributed by atoms with Crippen LogP contribution in [0.5, 0.6) is 0 Å². The first-order valence-electron chi connectivity index (χ1n) is 8.53. The fourth-order valence-corrected chi connectivity index (χ4v) is 2.08. The van der Waals surface area contributed by atoms with E-state index in [-0.39, 0.29) is 12.6 Å². The van der Waals surface area contributed by atoms with E-state index in [4.69, 9.17) is 4.74 Å². The molecule has 0 rings (SSSR count). The van der Waals surface area contributed by atoms with Gasteiger partial charge >= 0.3 is 11.9 Å². The Labute approximate surface area is 130 Å². The number of nitrogens with one attached hydrogen (secondary N) is 1. The summed E-state index contributed by atoms with van der Waals surface area (Å²) in [6, 6.07) is 0.213. The largest absolute Gasteiger partial charge is 0.392 e. The van der Waals surface area contributed by atoms with Crippen LogP contribution in [0.25, 0.3) is 0 Å². The molecule has 0 bridgehead atoms. The second kappa shape index (κ2) is 14.1. The van der Waals surface area contributed by atoms with Crippen LogP contribution in [0.1, 0.15) is 85.0 Å². The van der Waals surface area contributed by atoms with Gasteiger partial charge in [-0.1, -0.05) is 72.1 Å². The maximum atomic E-state index is 11.4. The molecule has 0 aliphatic heterocycles. The molecule has 0 atom stereocenters. The van der Waals surface area contributed by atoms with E-state index in [2.05, 4.69) is 12.2 Å². The topological polar surface area (TPSA) is 55.4 Å². The van der Waals surface area contributed by atoms with Crippen molar-refractivity contribution >= 4 is 11.9 Å². The third-order valence-corrected chi connectivity index (χ3v) is 3.37. The molecule has 0 heterocycles. The zero-order valence-corrected chi connectivity index (χ0v) is 14.1. The zero-order valence-electron chi connectivity index (χ0n) is 14.1. The van der Waals surface area contributed by atoms with Crippen molar-refractivity contribution in [3.63, 3.8) is 0 Å². The molecule has 1 N–H and O–H groups in total. The van der Waals surface area contributed by atoms with Crippen molar-refractivity contribution in [3.8, 4) is 0 Å². The van der Waals surface area contributed by atoms with Crippen molar-refractivity contribution in [2.24, 2.45) is 0 Å². The normalized spacial score (nSPS) is 10.9. The van der Waals surface area contributed by atoms with Crippen molar-refractivity contribution in [3.05, 3.63) is 0 Å². The summed E-state index contributed by atoms with van der Waals surface area (Å²) < 4.78 is 4.73. The van der Waals surface area contributed by atoms with E-state index in [1.807, 2.05) is 13.8 Å². The third kappa shape index (κ3) is 15.3. The summed E-state index contributed by atoms with van der Waals surface area (Å²) in [5.74, 6) is -0.877. The van der Waals surface area contributed by atoms with E-state index >= 15 is 0 Å². The summed E-state index contributed by atoms with van der Waals surface area (Å²) in [7, 11) is 0. The van der Waals surface area contributed by atoms with Gasteiger partial charge in [-0.2, -0.15) is 0 Å². The monoisotopic (exact) mass is 299 g/mol. The molecule has 0 spiro atoms. The smallest absolute Gasteiger partial charge is 0.327 e. The maximum absolute atomic E-state index is 11.4. The van der Waals surface area contributed by atoms with Crippen LogP contribution in [0, 0.1) is 0 Å². The molecule has 0 aromatic carbocycles. The Kier molecular flexibility index (Phi) is 13.5. The van der Waals surface area contributed by atoms with Crippen molar-refractivity contribution in [2.45, 2.75) is 91.0 Å². The highest BCUT2D eigenvalue weighted by Crippen LogP contribution is 2.10. The molecule has 0 aliphatic rings. The minimum absolute atomic E-state index is 0.0984. The second-order valence-electron chi connectivity index (χ2n) is 5.96. The number of carbonyl (C=O) groups is 2. The first-order valence-corrected chi connectivity index (χ1v) is 8.53. The third-order valence-electron chi connectivity index (χ3n) is 3.37. The Morgan fingerprint density at radius 2 is 1.38 bits per heavy atom. The van der Waals surface area contributed by atoms with Crippen LogP contribution in [0.15, 0.2) is 0 Å². The van der Waals surface area contributed by atoms with Gasteiger partial charge in [-0.25, -0.2) is 0 Å². The Balaban J connectivity index is 3.35. The van der Waals surface area contributed by atoms with Crippen LogP contribution in [0.4, 0.5) is 0 Å². The Morgan fingerprint density at radius 1 is 0.857 bits per heavy atom. The van der Waals surface area contributed by atoms with E-state index in [1.54, 1.807) is 0 Å². The number of esters is 2. The number of unbranched alkanes of at least 4 members (excludes halogenated alkanes) is 8. The summed E-state index contributed by atoms with van der Waals surface area (Å²) in [5, 5.41) is 2.93. The van der Waals surface area contributed by atoms with Crippen molar-refractivity contribution < 1.29 is 14.3 Å². The minimum atomic E-state index is -0.482. The highest BCUT2D eigenvalue weighted by atomic mass is 16.6. The molecular weight excluding hydrogens is 266 g/mol. The van der Waals surface area contributed by atoms with E-state index in [0.717, 1.165) is 12.8 Å². The standard InChI is InChI=1S/C17H33NO3/c1-4-5-6-7-8-9-10-11-12-13-16(19)21-17(20)14-18-15(2)3/h15,18H,4-14H2,1-3H3. The molecule has 0 aromatic rings. The van der Waals surface area contributed by atoms with Crippen molar-refractivity contribution in [2.75, 3.05) is 6.54 Å². The molecule has 124 valence electrons. The van der Waals surface area contributed by atoms with E-state index in [0.29, 0.717) is 6.42 Å². The summed E-state index contributed by atoms with van der Waals surface area (Å²) in [6.45, 7) is 6.21. The molecule has 0 saturated carbocycles. The average Bonchev–Trinajstić information content (AvgIpc) is 2.43. The van der Waals surface area contributed by atoms with Crippen LogP contribution < -0.4 is 5.32 Å². The molecule has 0 radical (unpaired) electrons. The number of hydrogen-bond donors (Lipinski definition) is 1. The van der Waals surface area contributed by atoms with Gasteiger partial charge in [-0.05, 0) is 6.42 Å². The summed E-state index contributed by atoms with van der Waals surface area (Å²) in [4.78, 5) is 22.7. The van der Waals surface area contributed by atoms with Gasteiger partial charge in [0.1, 0.15) is 0 Å². The lowest BCUT2D eigenvalue weighted by molar-refractivity contribution is -0.159. The Hall–Kier alpha value is -0.900. The highest BCUT2D eigenvalue weighted by Gasteiger charge is 2.10. The summed E-state index contributed by atoms with van der Waals surface area (Å²) in [5.41, 5.74) is 0. The molecular formula is C17H33NO3. The molecule has 0 unspecified atom stereocenters. The molecule has 21 heavy (non-hydrogen) atoms. The molecule has 0 fully saturated rings. The van der Waals surface area contributed by atoms with Crippen molar-refractivity contribution in [1.29, 1.82) is 0 Å². The van der Waals surface area contributed by atoms with Gasteiger partial charge in [0.2, 0.25) is 0 Å². The van der Waals surface area contributed by atoms with Crippen LogP contribution in [-0.2, 0) is 14.3 Å². The fourth-order valence-electron chi connectivity index (χ4n) is 2.08. The van der Waals surface area contributed by atoms with Gasteiger partial charge in [0, 0.05) is 12.5 Å². The minimum Gasteiger partial charge on any atom is -0.392 e. The predicted octanol–water partition coefficient (Wildman–Crippen LogP) is 3.98. The number of rotatable bonds is 13. The van der Waals surface area contributed by atoms with Gasteiger partial charge in [0.05, 0.1) is 6.54 Å². The number of ether oxygens (including phenoxy) is 1. The van der Waals surface area contributed by atoms with Crippen molar-refractivity contribution in [1.82, 2.24) is 5.32 Å². The molecule has 0 aromatic heterocycles. The molecule has 4 heteroatoms. The summed E-state index contributed by atoms with van der Waals surface area (Å²) in [6.07, 6.45) is 11.2. The van der Waals surface area contributed by atoms with Crippen LogP contribution in [0.3, 0.4) is 0 Å². The Bertz CT molecular complexity index is 277. The number of carbonyl (C=O) groups excluding carboxylic acids is 2. The van der Waals surface area contributed by atoms with Crippen LogP contribution >= 0.6 is 0 Å².